The van der Waals surface area contributed by atoms with Gasteiger partial charge < -0.3 is 62.4 Å². The average molecular weight is 1540 g/mol. The number of aliphatic hydroxyl groups excluding tert-OH is 1. The molecule has 0 fully saturated rings. The van der Waals surface area contributed by atoms with Crippen molar-refractivity contribution in [2.75, 3.05) is 32.7 Å². The van der Waals surface area contributed by atoms with Crippen LogP contribution in [0.3, 0.4) is 0 Å². The Hall–Kier alpha value is -10.6. The van der Waals surface area contributed by atoms with Gasteiger partial charge in [0.25, 0.3) is 28.2 Å². The fourth-order valence-electron chi connectivity index (χ4n) is 8.63. The summed E-state index contributed by atoms with van der Waals surface area (Å²) in [5, 5.41) is 16.3. The molecule has 0 bridgehead atoms. The fraction of sp³-hybridized carbons (Fsp3) is 0.288. The zero-order valence-corrected chi connectivity index (χ0v) is 54.7. The summed E-state index contributed by atoms with van der Waals surface area (Å²) in [5.74, 6) is -1.64. The van der Waals surface area contributed by atoms with Gasteiger partial charge in [0.1, 0.15) is 34.4 Å². The Bertz CT molecular complexity index is 4600. The Kier molecular flexibility index (Phi) is 30.9. The number of alkyl halides is 12. The molecule has 7 heterocycles. The second kappa shape index (κ2) is 36.8. The number of fused-ring (bicyclic) bond motifs is 3. The number of oxazole rings is 3. The molecule has 0 aliphatic carbocycles. The third-order valence-corrected chi connectivity index (χ3v) is 13.0. The molecule has 24 nitrogen and oxygen atoms in total. The van der Waals surface area contributed by atoms with Crippen LogP contribution in [0.1, 0.15) is 67.6 Å². The number of aromatic hydroxyl groups is 1. The number of rotatable bonds is 14. The van der Waals surface area contributed by atoms with Crippen LogP contribution in [-0.2, 0) is 14.2 Å². The Morgan fingerprint density at radius 3 is 1.02 bits per heavy atom. The summed E-state index contributed by atoms with van der Waals surface area (Å²) >= 11 is 3.28. The summed E-state index contributed by atoms with van der Waals surface area (Å²) in [7, 11) is 1.00. The fourth-order valence-corrected chi connectivity index (χ4v) is 9.11. The molecule has 103 heavy (non-hydrogen) atoms. The molecule has 0 aliphatic heterocycles. The molecule has 0 spiro atoms. The highest BCUT2D eigenvalue weighted by atomic mass is 79.9. The van der Waals surface area contributed by atoms with Crippen molar-refractivity contribution in [2.45, 2.75) is 102 Å². The minimum Gasteiger partial charge on any atom is -0.506 e. The number of hydrogen-bond acceptors (Lipinski definition) is 20. The van der Waals surface area contributed by atoms with E-state index in [4.69, 9.17) is 38.3 Å². The zero-order valence-electron chi connectivity index (χ0n) is 53.1. The smallest absolute Gasteiger partial charge is 0.506 e. The van der Waals surface area contributed by atoms with Crippen molar-refractivity contribution in [3.05, 3.63) is 204 Å². The molecule has 4 N–H and O–H groups in total. The van der Waals surface area contributed by atoms with Crippen LogP contribution in [0.2, 0.25) is 0 Å². The number of ether oxygens (including phenoxy) is 7. The lowest BCUT2D eigenvalue weighted by molar-refractivity contribution is -0.365. The van der Waals surface area contributed by atoms with Crippen LogP contribution in [0.5, 0.6) is 28.7 Å². The number of hydrogen-bond donors (Lipinski definition) is 3. The van der Waals surface area contributed by atoms with Gasteiger partial charge in [-0.3, -0.25) is 37.4 Å². The molecule has 0 radical (unpaired) electrons. The van der Waals surface area contributed by atoms with E-state index in [9.17, 15) is 77.0 Å². The first-order valence-electron chi connectivity index (χ1n) is 28.5. The van der Waals surface area contributed by atoms with Crippen LogP contribution in [0.15, 0.2) is 177 Å². The zero-order chi connectivity index (χ0) is 74.2. The lowest BCUT2D eigenvalue weighted by Crippen LogP contribution is -2.35. The minimum absolute atomic E-state index is 0. The minimum atomic E-state index is -4.78. The quantitative estimate of drug-likeness (QED) is 0.0673. The van der Waals surface area contributed by atoms with Crippen molar-refractivity contribution in [1.29, 1.82) is 0 Å². The Labute approximate surface area is 585 Å². The first-order valence-corrected chi connectivity index (χ1v) is 29.3. The molecule has 0 amide bonds. The number of aliphatic hydroxyl groups is 1. The standard InChI is InChI=1S/C14H8BrF3N2O3.2C14H9F3N2O3.C12H9F3N2O3.C8H18O3.CH4O.3CH4/c1-7-19-11-12(22-7)10(15)6-20(13(11)21)8-2-4-9(5-3-8)23-14(16,17)18;2*1-8-18-12-11(21-8)6-7-19(13(12)20)9-2-4-10(5-3-9)22-14(15,16)17;13-12(14,15)20-8-3-1-7(2-4-8)17-6-5-9(18)10(16)11(17)19;1-5-9-8(4,10-6-2)11-7-3;1-2;;;/h2-6H,1H3;2*2-7H,1H3;1-6,18H,16H2;5-7H2,1-4H3;2H,1H3;3*1H4. The Morgan fingerprint density at radius 1 is 0.437 bits per heavy atom. The van der Waals surface area contributed by atoms with E-state index in [0.29, 0.717) is 75.8 Å². The van der Waals surface area contributed by atoms with Crippen LogP contribution in [-0.4, -0.2) is 102 Å². The lowest BCUT2D eigenvalue weighted by atomic mass is 10.3. The van der Waals surface area contributed by atoms with Crippen molar-refractivity contribution >= 4 is 54.9 Å². The molecular formula is C66H69BrF12N8O16. The largest absolute Gasteiger partial charge is 0.573 e. The number of nitrogens with zero attached hydrogens (tertiary/aromatic N) is 7. The van der Waals surface area contributed by atoms with E-state index in [-0.39, 0.29) is 73.2 Å². The maximum atomic E-state index is 12.4. The van der Waals surface area contributed by atoms with Gasteiger partial charge in [0, 0.05) is 114 Å². The third-order valence-electron chi connectivity index (χ3n) is 12.4. The molecule has 0 saturated carbocycles. The highest BCUT2D eigenvalue weighted by molar-refractivity contribution is 9.10. The molecule has 0 saturated heterocycles. The highest BCUT2D eigenvalue weighted by Gasteiger charge is 2.34. The Morgan fingerprint density at radius 2 is 0.709 bits per heavy atom. The second-order valence-corrected chi connectivity index (χ2v) is 20.4. The SMILES string of the molecule is C.C.C.CCOC(C)(OCC)OCC.CO.Cc1nc2c(=O)n(-c3ccc(OC(F)(F)F)cc3)cc(Br)c2o1.Cc1nc2c(=O)n(-c3ccc(OC(F)(F)F)cc3)ccc2o1.Cc1nc2c(=O)n(-c3ccc(OC(F)(F)F)cc3)ccc2o1.Nc1c(O)ccn(-c2ccc(OC(F)(F)F)cc2)c1=O. The van der Waals surface area contributed by atoms with Gasteiger partial charge in [0.15, 0.2) is 51.0 Å². The molecule has 11 rings (SSSR count). The topological polar surface area (TPSA) is 297 Å². The van der Waals surface area contributed by atoms with Crippen LogP contribution >= 0.6 is 15.9 Å². The first kappa shape index (κ1) is 86.6. The van der Waals surface area contributed by atoms with Gasteiger partial charge >= 0.3 is 25.4 Å². The van der Waals surface area contributed by atoms with Crippen molar-refractivity contribution < 1.29 is 109 Å². The van der Waals surface area contributed by atoms with E-state index in [0.717, 1.165) is 60.2 Å². The van der Waals surface area contributed by atoms with Crippen molar-refractivity contribution in [1.82, 2.24) is 33.2 Å². The number of benzene rings is 4. The van der Waals surface area contributed by atoms with Gasteiger partial charge in [-0.15, -0.1) is 52.7 Å². The van der Waals surface area contributed by atoms with Crippen LogP contribution < -0.4 is 46.9 Å². The van der Waals surface area contributed by atoms with Gasteiger partial charge in [-0.05, 0) is 140 Å². The van der Waals surface area contributed by atoms with Crippen molar-refractivity contribution in [2.24, 2.45) is 0 Å². The van der Waals surface area contributed by atoms with E-state index in [1.54, 1.807) is 39.8 Å². The molecule has 0 atom stereocenters. The van der Waals surface area contributed by atoms with Gasteiger partial charge in [0.2, 0.25) is 0 Å². The lowest BCUT2D eigenvalue weighted by Gasteiger charge is -2.27. The summed E-state index contributed by atoms with van der Waals surface area (Å²) in [6.07, 6.45) is -13.4. The number of aromatic nitrogens is 7. The normalized spacial score (nSPS) is 11.2. The van der Waals surface area contributed by atoms with Crippen molar-refractivity contribution in [3.63, 3.8) is 0 Å². The van der Waals surface area contributed by atoms with Gasteiger partial charge in [-0.1, -0.05) is 22.3 Å². The summed E-state index contributed by atoms with van der Waals surface area (Å²) in [6.45, 7) is 14.1. The molecule has 4 aromatic carbocycles. The summed E-state index contributed by atoms with van der Waals surface area (Å²) in [4.78, 5) is 60.8. The molecular weight excluding hydrogens is 1470 g/mol. The number of halogens is 13. The monoisotopic (exact) mass is 1540 g/mol. The summed E-state index contributed by atoms with van der Waals surface area (Å²) < 4.78 is 197. The highest BCUT2D eigenvalue weighted by Crippen LogP contribution is 2.30. The van der Waals surface area contributed by atoms with Gasteiger partial charge in [-0.25, -0.2) is 15.0 Å². The average Bonchev–Trinajstić information content (AvgIpc) is 1.71. The van der Waals surface area contributed by atoms with Crippen molar-refractivity contribution in [3.8, 4) is 51.5 Å². The predicted molar refractivity (Wildman–Crippen MR) is 357 cm³/mol. The summed E-state index contributed by atoms with van der Waals surface area (Å²) in [6, 6.07) is 23.9. The molecule has 11 aromatic rings. The molecule has 7 aromatic heterocycles. The third kappa shape index (κ3) is 24.6. The van der Waals surface area contributed by atoms with E-state index < -0.39 is 59.4 Å². The maximum absolute atomic E-state index is 12.4. The molecule has 0 aliphatic rings. The molecule has 0 unspecified atom stereocenters. The van der Waals surface area contributed by atoms with Crippen LogP contribution in [0.25, 0.3) is 56.0 Å². The predicted octanol–water partition coefficient (Wildman–Crippen LogP) is 15.6. The number of pyridine rings is 4. The number of nitrogens with two attached hydrogens (primary N) is 1. The summed E-state index contributed by atoms with van der Waals surface area (Å²) in [5.41, 5.74) is 6.01. The van der Waals surface area contributed by atoms with Gasteiger partial charge in [0.05, 0.1) is 4.47 Å². The first-order chi connectivity index (χ1) is 46.9. The van der Waals surface area contributed by atoms with Gasteiger partial charge in [-0.2, -0.15) is 0 Å². The number of nitrogen functional groups attached to an aromatic ring is 1. The molecule has 37 heteroatoms. The van der Waals surface area contributed by atoms with E-state index >= 15 is 0 Å². The van der Waals surface area contributed by atoms with E-state index in [1.165, 1.54) is 93.1 Å². The maximum Gasteiger partial charge on any atom is 0.573 e. The second-order valence-electron chi connectivity index (χ2n) is 19.6. The number of aryl methyl sites for hydroxylation is 3. The van der Waals surface area contributed by atoms with E-state index in [2.05, 4.69) is 49.8 Å². The molecule has 560 valence electrons. The Balaban J connectivity index is 0.000000335. The van der Waals surface area contributed by atoms with Crippen LogP contribution in [0.4, 0.5) is 58.4 Å². The van der Waals surface area contributed by atoms with Crippen LogP contribution in [0, 0.1) is 20.8 Å². The van der Waals surface area contributed by atoms with E-state index in [1.807, 2.05) is 20.8 Å². The number of anilines is 1.